The Morgan fingerprint density at radius 2 is 2.15 bits per heavy atom. The van der Waals surface area contributed by atoms with Gasteiger partial charge in [0.2, 0.25) is 0 Å². The molecule has 2 N–H and O–H groups in total. The molecule has 1 aromatic carbocycles. The summed E-state index contributed by atoms with van der Waals surface area (Å²) in [7, 11) is 1.67. The minimum atomic E-state index is 0.526. The van der Waals surface area contributed by atoms with Crippen LogP contribution in [0.25, 0.3) is 0 Å². The fourth-order valence-corrected chi connectivity index (χ4v) is 1.19. The molecular weight excluding hydrogens is 162 g/mol. The summed E-state index contributed by atoms with van der Waals surface area (Å²) in [5.41, 5.74) is 7.63. The van der Waals surface area contributed by atoms with Gasteiger partial charge in [-0.1, -0.05) is 30.4 Å². The Balaban J connectivity index is 2.81. The Morgan fingerprint density at radius 3 is 2.77 bits per heavy atom. The third-order valence-corrected chi connectivity index (χ3v) is 1.92. The molecule has 0 atom stereocenters. The molecule has 70 valence electrons. The van der Waals surface area contributed by atoms with Crippen LogP contribution in [0.1, 0.15) is 5.56 Å². The monoisotopic (exact) mass is 177 g/mol. The molecular formula is C11H15NO. The summed E-state index contributed by atoms with van der Waals surface area (Å²) in [5, 5.41) is 0. The van der Waals surface area contributed by atoms with Gasteiger partial charge in [-0.05, 0) is 18.1 Å². The average molecular weight is 177 g/mol. The van der Waals surface area contributed by atoms with Crippen LogP contribution in [0.3, 0.4) is 0 Å². The second kappa shape index (κ2) is 4.67. The zero-order chi connectivity index (χ0) is 9.68. The summed E-state index contributed by atoms with van der Waals surface area (Å²) >= 11 is 0. The largest absolute Gasteiger partial charge is 0.496 e. The molecule has 0 amide bonds. The molecule has 0 spiro atoms. The molecule has 0 aliphatic heterocycles. The number of para-hydroxylation sites is 1. The smallest absolute Gasteiger partial charge is 0.122 e. The lowest BCUT2D eigenvalue weighted by Gasteiger charge is -2.08. The Bertz CT molecular complexity index is 294. The number of nitrogens with two attached hydrogens (primary N) is 1. The Labute approximate surface area is 79.0 Å². The van der Waals surface area contributed by atoms with Crippen LogP contribution in [0.15, 0.2) is 36.4 Å². The van der Waals surface area contributed by atoms with E-state index in [4.69, 9.17) is 10.5 Å². The SMILES string of the molecule is C=C(CN)Cc1ccccc1OC. The predicted molar refractivity (Wildman–Crippen MR) is 54.9 cm³/mol. The van der Waals surface area contributed by atoms with E-state index in [0.717, 1.165) is 23.3 Å². The standard InChI is InChI=1S/C11H15NO/c1-9(8-12)7-10-5-3-4-6-11(10)13-2/h3-6H,1,7-8,12H2,2H3. The molecule has 13 heavy (non-hydrogen) atoms. The number of rotatable bonds is 4. The minimum Gasteiger partial charge on any atom is -0.496 e. The van der Waals surface area contributed by atoms with E-state index in [1.54, 1.807) is 7.11 Å². The first-order valence-electron chi connectivity index (χ1n) is 4.26. The first-order valence-corrected chi connectivity index (χ1v) is 4.26. The maximum Gasteiger partial charge on any atom is 0.122 e. The van der Waals surface area contributed by atoms with Crippen molar-refractivity contribution in [2.75, 3.05) is 13.7 Å². The van der Waals surface area contributed by atoms with Crippen molar-refractivity contribution >= 4 is 0 Å². The predicted octanol–water partition coefficient (Wildman–Crippen LogP) is 1.75. The molecule has 1 aromatic rings. The van der Waals surface area contributed by atoms with Crippen molar-refractivity contribution in [2.24, 2.45) is 5.73 Å². The molecule has 2 nitrogen and oxygen atoms in total. The van der Waals surface area contributed by atoms with Crippen LogP contribution in [0.4, 0.5) is 0 Å². The lowest BCUT2D eigenvalue weighted by molar-refractivity contribution is 0.410. The zero-order valence-electron chi connectivity index (χ0n) is 7.92. The minimum absolute atomic E-state index is 0.526. The van der Waals surface area contributed by atoms with Crippen LogP contribution in [0.2, 0.25) is 0 Å². The van der Waals surface area contributed by atoms with Gasteiger partial charge in [0, 0.05) is 6.54 Å². The highest BCUT2D eigenvalue weighted by Crippen LogP contribution is 2.19. The molecule has 0 aliphatic carbocycles. The van der Waals surface area contributed by atoms with Gasteiger partial charge in [-0.15, -0.1) is 0 Å². The van der Waals surface area contributed by atoms with Gasteiger partial charge in [-0.25, -0.2) is 0 Å². The number of hydrogen-bond donors (Lipinski definition) is 1. The van der Waals surface area contributed by atoms with E-state index in [2.05, 4.69) is 6.58 Å². The van der Waals surface area contributed by atoms with Crippen molar-refractivity contribution in [3.63, 3.8) is 0 Å². The van der Waals surface area contributed by atoms with Crippen molar-refractivity contribution in [1.82, 2.24) is 0 Å². The van der Waals surface area contributed by atoms with Gasteiger partial charge in [0.25, 0.3) is 0 Å². The highest BCUT2D eigenvalue weighted by molar-refractivity contribution is 5.36. The average Bonchev–Trinajstić information content (AvgIpc) is 2.18. The summed E-state index contributed by atoms with van der Waals surface area (Å²) in [6, 6.07) is 7.91. The van der Waals surface area contributed by atoms with Crippen molar-refractivity contribution in [1.29, 1.82) is 0 Å². The van der Waals surface area contributed by atoms with E-state index >= 15 is 0 Å². The topological polar surface area (TPSA) is 35.2 Å². The summed E-state index contributed by atoms with van der Waals surface area (Å²) < 4.78 is 5.21. The first-order chi connectivity index (χ1) is 6.27. The maximum absolute atomic E-state index is 5.47. The van der Waals surface area contributed by atoms with Crippen LogP contribution in [0, 0.1) is 0 Å². The summed E-state index contributed by atoms with van der Waals surface area (Å²) in [6.07, 6.45) is 0.792. The third-order valence-electron chi connectivity index (χ3n) is 1.92. The third kappa shape index (κ3) is 2.60. The lowest BCUT2D eigenvalue weighted by atomic mass is 10.1. The van der Waals surface area contributed by atoms with Gasteiger partial charge >= 0.3 is 0 Å². The molecule has 0 saturated heterocycles. The molecule has 0 radical (unpaired) electrons. The number of ether oxygens (including phenoxy) is 1. The molecule has 0 saturated carbocycles. The number of hydrogen-bond acceptors (Lipinski definition) is 2. The van der Waals surface area contributed by atoms with Crippen molar-refractivity contribution in [2.45, 2.75) is 6.42 Å². The molecule has 0 heterocycles. The summed E-state index contributed by atoms with van der Waals surface area (Å²) in [6.45, 7) is 4.39. The van der Waals surface area contributed by atoms with E-state index in [-0.39, 0.29) is 0 Å². The quantitative estimate of drug-likeness (QED) is 0.711. The van der Waals surface area contributed by atoms with Crippen LogP contribution in [-0.2, 0) is 6.42 Å². The first kappa shape index (κ1) is 9.81. The van der Waals surface area contributed by atoms with E-state index in [0.29, 0.717) is 6.54 Å². The van der Waals surface area contributed by atoms with Crippen LogP contribution in [-0.4, -0.2) is 13.7 Å². The second-order valence-electron chi connectivity index (χ2n) is 2.94. The molecule has 0 fully saturated rings. The fourth-order valence-electron chi connectivity index (χ4n) is 1.19. The summed E-state index contributed by atoms with van der Waals surface area (Å²) in [5.74, 6) is 0.900. The highest BCUT2D eigenvalue weighted by Gasteiger charge is 2.01. The molecule has 0 aliphatic rings. The zero-order valence-corrected chi connectivity index (χ0v) is 7.92. The van der Waals surface area contributed by atoms with Gasteiger partial charge in [-0.2, -0.15) is 0 Å². The van der Waals surface area contributed by atoms with Crippen molar-refractivity contribution in [3.8, 4) is 5.75 Å². The number of benzene rings is 1. The lowest BCUT2D eigenvalue weighted by Crippen LogP contribution is -2.05. The van der Waals surface area contributed by atoms with Crippen LogP contribution < -0.4 is 10.5 Å². The van der Waals surface area contributed by atoms with Gasteiger partial charge in [0.15, 0.2) is 0 Å². The normalized spacial score (nSPS) is 9.69. The van der Waals surface area contributed by atoms with E-state index in [9.17, 15) is 0 Å². The van der Waals surface area contributed by atoms with Crippen LogP contribution in [0.5, 0.6) is 5.75 Å². The molecule has 0 bridgehead atoms. The van der Waals surface area contributed by atoms with Crippen molar-refractivity contribution in [3.05, 3.63) is 42.0 Å². The van der Waals surface area contributed by atoms with Gasteiger partial charge in [0.05, 0.1) is 7.11 Å². The second-order valence-corrected chi connectivity index (χ2v) is 2.94. The summed E-state index contributed by atoms with van der Waals surface area (Å²) in [4.78, 5) is 0. The Morgan fingerprint density at radius 1 is 1.46 bits per heavy atom. The van der Waals surface area contributed by atoms with E-state index in [1.165, 1.54) is 0 Å². The molecule has 0 aromatic heterocycles. The Kier molecular flexibility index (Phi) is 3.53. The van der Waals surface area contributed by atoms with Gasteiger partial charge in [-0.3, -0.25) is 0 Å². The Hall–Kier alpha value is -1.28. The number of methoxy groups -OCH3 is 1. The van der Waals surface area contributed by atoms with E-state index < -0.39 is 0 Å². The van der Waals surface area contributed by atoms with Gasteiger partial charge < -0.3 is 10.5 Å². The molecule has 1 rings (SSSR count). The van der Waals surface area contributed by atoms with Crippen LogP contribution >= 0.6 is 0 Å². The maximum atomic E-state index is 5.47. The molecule has 0 unspecified atom stereocenters. The molecule has 2 heteroatoms. The van der Waals surface area contributed by atoms with Crippen molar-refractivity contribution < 1.29 is 4.74 Å². The fraction of sp³-hybridized carbons (Fsp3) is 0.273. The van der Waals surface area contributed by atoms with Gasteiger partial charge in [0.1, 0.15) is 5.75 Å². The van der Waals surface area contributed by atoms with E-state index in [1.807, 2.05) is 24.3 Å². The highest BCUT2D eigenvalue weighted by atomic mass is 16.5.